The highest BCUT2D eigenvalue weighted by Gasteiger charge is 2.31. The summed E-state index contributed by atoms with van der Waals surface area (Å²) in [6.45, 7) is 5.43. The number of fused-ring (bicyclic) bond motifs is 1. The van der Waals surface area contributed by atoms with Crippen LogP contribution < -0.4 is 10.3 Å². The predicted molar refractivity (Wildman–Crippen MR) is 137 cm³/mol. The first-order valence-corrected chi connectivity index (χ1v) is 14.7. The molecule has 0 bridgehead atoms. The van der Waals surface area contributed by atoms with Crippen LogP contribution in [-0.2, 0) is 33.8 Å². The third-order valence-corrected chi connectivity index (χ3v) is 8.92. The van der Waals surface area contributed by atoms with E-state index in [0.717, 1.165) is 0 Å². The first-order chi connectivity index (χ1) is 17.4. The van der Waals surface area contributed by atoms with Crippen molar-refractivity contribution in [2.75, 3.05) is 39.8 Å². The van der Waals surface area contributed by atoms with Crippen molar-refractivity contribution in [1.82, 2.24) is 27.9 Å². The standard InChI is InChI=1S/C22H30N6O7S2/c1-5-7-17-19-20(26(4)24-17)22(29)23-21(28(19)37(32,33)34)16-14-15(8-9-18(16)35-6-2)36(30,31)27-12-10-25(3)11-13-27/h8-9,14H,5-7,10-13H2,1-4H3,(H,32,33,34). The molecule has 1 aliphatic rings. The topological polar surface area (TPSA) is 157 Å². The lowest BCUT2D eigenvalue weighted by atomic mass is 10.1. The first kappa shape index (κ1) is 27.2. The summed E-state index contributed by atoms with van der Waals surface area (Å²) < 4.78 is 71.4. The summed E-state index contributed by atoms with van der Waals surface area (Å²) in [5.41, 5.74) is -0.796. The Balaban J connectivity index is 2.04. The van der Waals surface area contributed by atoms with E-state index in [4.69, 9.17) is 4.74 Å². The van der Waals surface area contributed by atoms with Gasteiger partial charge in [-0.05, 0) is 38.6 Å². The second-order valence-electron chi connectivity index (χ2n) is 8.80. The molecule has 0 radical (unpaired) electrons. The number of benzene rings is 1. The summed E-state index contributed by atoms with van der Waals surface area (Å²) >= 11 is 0. The summed E-state index contributed by atoms with van der Waals surface area (Å²) in [6.07, 6.45) is 0.915. The molecule has 1 aromatic carbocycles. The summed E-state index contributed by atoms with van der Waals surface area (Å²) in [6, 6.07) is 3.98. The smallest absolute Gasteiger partial charge is 0.365 e. The zero-order chi connectivity index (χ0) is 27.1. The van der Waals surface area contributed by atoms with Gasteiger partial charge in [0.1, 0.15) is 11.3 Å². The van der Waals surface area contributed by atoms with E-state index < -0.39 is 31.7 Å². The number of piperazine rings is 1. The molecular weight excluding hydrogens is 524 g/mol. The van der Waals surface area contributed by atoms with E-state index in [2.05, 4.69) is 10.1 Å². The van der Waals surface area contributed by atoms with Crippen LogP contribution in [0.2, 0.25) is 0 Å². The van der Waals surface area contributed by atoms with Crippen LogP contribution >= 0.6 is 0 Å². The highest BCUT2D eigenvalue weighted by Crippen LogP contribution is 2.34. The van der Waals surface area contributed by atoms with Crippen molar-refractivity contribution in [2.45, 2.75) is 31.6 Å². The molecule has 0 amide bonds. The van der Waals surface area contributed by atoms with Gasteiger partial charge in [-0.15, -0.1) is 0 Å². The van der Waals surface area contributed by atoms with Gasteiger partial charge in [-0.3, -0.25) is 14.0 Å². The number of rotatable bonds is 8. The number of aromatic nitrogens is 4. The minimum atomic E-state index is -5.02. The maximum absolute atomic E-state index is 13.4. The maximum Gasteiger partial charge on any atom is 0.365 e. The van der Waals surface area contributed by atoms with Crippen molar-refractivity contribution >= 4 is 31.4 Å². The molecule has 13 nitrogen and oxygen atoms in total. The van der Waals surface area contributed by atoms with Crippen LogP contribution in [0.1, 0.15) is 26.0 Å². The molecule has 2 aromatic heterocycles. The molecule has 3 aromatic rings. The van der Waals surface area contributed by atoms with Crippen LogP contribution in [0.3, 0.4) is 0 Å². The Bertz CT molecular complexity index is 1600. The molecule has 0 unspecified atom stereocenters. The van der Waals surface area contributed by atoms with Crippen LogP contribution in [-0.4, -0.2) is 89.2 Å². The third-order valence-electron chi connectivity index (χ3n) is 6.21. The molecule has 1 fully saturated rings. The number of hydrogen-bond donors (Lipinski definition) is 1. The van der Waals surface area contributed by atoms with E-state index in [0.29, 0.717) is 29.9 Å². The summed E-state index contributed by atoms with van der Waals surface area (Å²) in [5, 5.41) is 4.27. The van der Waals surface area contributed by atoms with Gasteiger partial charge in [-0.1, -0.05) is 13.3 Å². The van der Waals surface area contributed by atoms with Gasteiger partial charge in [0.25, 0.3) is 5.56 Å². The van der Waals surface area contributed by atoms with E-state index in [-0.39, 0.29) is 52.6 Å². The molecule has 1 saturated heterocycles. The number of sulfonamides is 1. The van der Waals surface area contributed by atoms with Crippen LogP contribution in [0.15, 0.2) is 27.9 Å². The van der Waals surface area contributed by atoms with Crippen LogP contribution in [0.25, 0.3) is 22.4 Å². The monoisotopic (exact) mass is 554 g/mol. The summed E-state index contributed by atoms with van der Waals surface area (Å²) in [7, 11) is -5.59. The van der Waals surface area contributed by atoms with E-state index in [1.807, 2.05) is 18.9 Å². The lowest BCUT2D eigenvalue weighted by Crippen LogP contribution is -2.47. The normalized spacial score (nSPS) is 15.9. The van der Waals surface area contributed by atoms with Crippen molar-refractivity contribution in [3.05, 3.63) is 34.2 Å². The number of ether oxygens (including phenoxy) is 1. The fourth-order valence-electron chi connectivity index (χ4n) is 4.42. The largest absolute Gasteiger partial charge is 0.493 e. The van der Waals surface area contributed by atoms with Crippen molar-refractivity contribution < 1.29 is 26.1 Å². The van der Waals surface area contributed by atoms with Crippen molar-refractivity contribution in [2.24, 2.45) is 7.05 Å². The molecule has 3 heterocycles. The summed E-state index contributed by atoms with van der Waals surface area (Å²) in [5.74, 6) is -0.367. The van der Waals surface area contributed by atoms with Gasteiger partial charge < -0.3 is 9.64 Å². The molecule has 0 atom stereocenters. The predicted octanol–water partition coefficient (Wildman–Crippen LogP) is 0.735. The summed E-state index contributed by atoms with van der Waals surface area (Å²) in [4.78, 5) is 19.0. The Morgan fingerprint density at radius 2 is 1.70 bits per heavy atom. The Kier molecular flexibility index (Phi) is 7.45. The number of aryl methyl sites for hydroxylation is 2. The molecule has 1 aliphatic heterocycles. The van der Waals surface area contributed by atoms with Crippen molar-refractivity contribution in [3.8, 4) is 17.1 Å². The average Bonchev–Trinajstić information content (AvgIpc) is 3.15. The Morgan fingerprint density at radius 3 is 2.30 bits per heavy atom. The zero-order valence-corrected chi connectivity index (χ0v) is 22.7. The second-order valence-corrected chi connectivity index (χ2v) is 12.0. The molecule has 15 heteroatoms. The fourth-order valence-corrected chi connectivity index (χ4v) is 6.65. The van der Waals surface area contributed by atoms with Gasteiger partial charge in [0.15, 0.2) is 11.3 Å². The molecule has 0 aliphatic carbocycles. The van der Waals surface area contributed by atoms with E-state index in [1.165, 1.54) is 34.2 Å². The maximum atomic E-state index is 13.4. The zero-order valence-electron chi connectivity index (χ0n) is 21.1. The molecule has 0 spiro atoms. The quantitative estimate of drug-likeness (QED) is 0.394. The number of hydrogen-bond acceptors (Lipinski definition) is 9. The minimum absolute atomic E-state index is 0.0695. The average molecular weight is 555 g/mol. The van der Waals surface area contributed by atoms with E-state index in [9.17, 15) is 26.2 Å². The Morgan fingerprint density at radius 1 is 1.03 bits per heavy atom. The Hall–Kier alpha value is -2.85. The lowest BCUT2D eigenvalue weighted by molar-refractivity contribution is 0.222. The molecule has 0 saturated carbocycles. The van der Waals surface area contributed by atoms with Gasteiger partial charge >= 0.3 is 10.3 Å². The number of nitrogens with zero attached hydrogens (tertiary/aromatic N) is 6. The van der Waals surface area contributed by atoms with Crippen LogP contribution in [0.4, 0.5) is 0 Å². The lowest BCUT2D eigenvalue weighted by Gasteiger charge is -2.31. The van der Waals surface area contributed by atoms with Crippen LogP contribution in [0, 0.1) is 0 Å². The van der Waals surface area contributed by atoms with Gasteiger partial charge in [-0.2, -0.15) is 26.8 Å². The number of likely N-dealkylation sites (N-methyl/N-ethyl adjacent to an activating group) is 1. The fraction of sp³-hybridized carbons (Fsp3) is 0.500. The van der Waals surface area contributed by atoms with Crippen LogP contribution in [0.5, 0.6) is 5.75 Å². The minimum Gasteiger partial charge on any atom is -0.493 e. The Labute approximate surface area is 215 Å². The molecular formula is C22H30N6O7S2. The van der Waals surface area contributed by atoms with Crippen molar-refractivity contribution in [3.63, 3.8) is 0 Å². The van der Waals surface area contributed by atoms with Crippen molar-refractivity contribution in [1.29, 1.82) is 0 Å². The third kappa shape index (κ3) is 5.01. The van der Waals surface area contributed by atoms with Gasteiger partial charge in [0, 0.05) is 33.2 Å². The van der Waals surface area contributed by atoms with E-state index in [1.54, 1.807) is 6.92 Å². The highest BCUT2D eigenvalue weighted by atomic mass is 32.2. The molecule has 1 N–H and O–H groups in total. The SMILES string of the molecule is CCCc1nn(C)c2c(=O)nc(-c3cc(S(=O)(=O)N4CCN(C)CC4)ccc3OCC)n(S(=O)(=O)O)c12. The van der Waals surface area contributed by atoms with Gasteiger partial charge in [0.05, 0.1) is 22.8 Å². The van der Waals surface area contributed by atoms with E-state index >= 15 is 0 Å². The molecule has 4 rings (SSSR count). The first-order valence-electron chi connectivity index (χ1n) is 11.8. The highest BCUT2D eigenvalue weighted by molar-refractivity contribution is 7.89. The molecule has 37 heavy (non-hydrogen) atoms. The molecule has 202 valence electrons. The van der Waals surface area contributed by atoms with Gasteiger partial charge in [-0.25, -0.2) is 8.42 Å². The van der Waals surface area contributed by atoms with Gasteiger partial charge in [0.2, 0.25) is 10.0 Å². The second kappa shape index (κ2) is 10.1.